The predicted molar refractivity (Wildman–Crippen MR) is 76.0 cm³/mol. The fourth-order valence-corrected chi connectivity index (χ4v) is 1.95. The lowest BCUT2D eigenvalue weighted by atomic mass is 10.1. The molecular weight excluding hydrogens is 294 g/mol. The zero-order valence-corrected chi connectivity index (χ0v) is 11.7. The van der Waals surface area contributed by atoms with Crippen LogP contribution in [0.5, 0.6) is 5.75 Å². The second kappa shape index (κ2) is 6.84. The zero-order valence-electron chi connectivity index (χ0n) is 11.7. The van der Waals surface area contributed by atoms with E-state index in [2.05, 4.69) is 15.0 Å². The van der Waals surface area contributed by atoms with Gasteiger partial charge in [0.15, 0.2) is 0 Å². The molecule has 0 saturated carbocycles. The number of carbonyl (C=O) groups is 1. The third-order valence-corrected chi connectivity index (χ3v) is 3.00. The number of pyridine rings is 1. The minimum Gasteiger partial charge on any atom is -0.434 e. The number of benzene rings is 1. The average molecular weight is 308 g/mol. The van der Waals surface area contributed by atoms with Crippen molar-refractivity contribution in [2.75, 3.05) is 0 Å². The fourth-order valence-electron chi connectivity index (χ4n) is 1.95. The van der Waals surface area contributed by atoms with Gasteiger partial charge in [-0.3, -0.25) is 9.59 Å². The summed E-state index contributed by atoms with van der Waals surface area (Å²) in [6, 6.07) is 8.29. The van der Waals surface area contributed by atoms with Crippen LogP contribution in [0.15, 0.2) is 47.4 Å². The Bertz CT molecular complexity index is 695. The Morgan fingerprint density at radius 2 is 1.95 bits per heavy atom. The minimum atomic E-state index is -2.94. The highest BCUT2D eigenvalue weighted by atomic mass is 19.3. The third-order valence-electron chi connectivity index (χ3n) is 3.00. The van der Waals surface area contributed by atoms with Crippen LogP contribution in [-0.2, 0) is 0 Å². The Morgan fingerprint density at radius 1 is 1.23 bits per heavy atom. The molecule has 1 heterocycles. The van der Waals surface area contributed by atoms with E-state index in [9.17, 15) is 18.4 Å². The zero-order chi connectivity index (χ0) is 16.1. The van der Waals surface area contributed by atoms with Gasteiger partial charge in [-0.05, 0) is 19.1 Å². The van der Waals surface area contributed by atoms with E-state index in [1.165, 1.54) is 24.4 Å². The SMILES string of the molecule is C[C@H](NC(=O)c1ccc(=O)[nH]c1)c1ccccc1OC(F)F. The summed E-state index contributed by atoms with van der Waals surface area (Å²) in [5, 5.41) is 2.66. The number of para-hydroxylation sites is 1. The van der Waals surface area contributed by atoms with Crippen LogP contribution >= 0.6 is 0 Å². The first-order chi connectivity index (χ1) is 10.5. The molecule has 0 saturated heterocycles. The van der Waals surface area contributed by atoms with E-state index in [0.717, 1.165) is 0 Å². The molecule has 7 heteroatoms. The number of nitrogens with one attached hydrogen (secondary N) is 2. The predicted octanol–water partition coefficient (Wildman–Crippen LogP) is 2.47. The first-order valence-electron chi connectivity index (χ1n) is 6.50. The number of carbonyl (C=O) groups excluding carboxylic acids is 1. The minimum absolute atomic E-state index is 0.00627. The van der Waals surface area contributed by atoms with Gasteiger partial charge in [-0.25, -0.2) is 0 Å². The lowest BCUT2D eigenvalue weighted by Gasteiger charge is -2.18. The number of aromatic nitrogens is 1. The molecule has 2 rings (SSSR count). The van der Waals surface area contributed by atoms with Gasteiger partial charge < -0.3 is 15.0 Å². The standard InChI is InChI=1S/C15H14F2N2O3/c1-9(11-4-2-3-5-12(11)22-15(16)17)19-14(21)10-6-7-13(20)18-8-10/h2-9,15H,1H3,(H,18,20)(H,19,21)/t9-/m0/s1. The summed E-state index contributed by atoms with van der Waals surface area (Å²) in [7, 11) is 0. The van der Waals surface area contributed by atoms with E-state index >= 15 is 0 Å². The molecule has 116 valence electrons. The molecule has 0 unspecified atom stereocenters. The van der Waals surface area contributed by atoms with Gasteiger partial charge in [-0.15, -0.1) is 0 Å². The summed E-state index contributed by atoms with van der Waals surface area (Å²) >= 11 is 0. The van der Waals surface area contributed by atoms with Crippen LogP contribution in [0.4, 0.5) is 8.78 Å². The third kappa shape index (κ3) is 3.91. The molecule has 1 aromatic carbocycles. The molecule has 1 atom stereocenters. The number of hydrogen-bond acceptors (Lipinski definition) is 3. The summed E-state index contributed by atoms with van der Waals surface area (Å²) in [6.45, 7) is -1.29. The van der Waals surface area contributed by atoms with E-state index in [-0.39, 0.29) is 16.9 Å². The molecule has 0 aliphatic carbocycles. The summed E-state index contributed by atoms with van der Waals surface area (Å²) in [5.41, 5.74) is 0.375. The number of amides is 1. The lowest BCUT2D eigenvalue weighted by Crippen LogP contribution is -2.27. The van der Waals surface area contributed by atoms with Gasteiger partial charge >= 0.3 is 6.61 Å². The number of rotatable bonds is 5. The molecule has 2 aromatic rings. The quantitative estimate of drug-likeness (QED) is 0.891. The molecule has 1 amide bonds. The first-order valence-corrected chi connectivity index (χ1v) is 6.50. The van der Waals surface area contributed by atoms with Gasteiger partial charge in [0, 0.05) is 17.8 Å². The average Bonchev–Trinajstić information content (AvgIpc) is 2.47. The fraction of sp³-hybridized carbons (Fsp3) is 0.200. The number of halogens is 2. The largest absolute Gasteiger partial charge is 0.434 e. The van der Waals surface area contributed by atoms with E-state index in [4.69, 9.17) is 0 Å². The molecule has 0 radical (unpaired) electrons. The van der Waals surface area contributed by atoms with Crippen molar-refractivity contribution in [1.29, 1.82) is 0 Å². The maximum Gasteiger partial charge on any atom is 0.387 e. The van der Waals surface area contributed by atoms with E-state index in [1.54, 1.807) is 25.1 Å². The van der Waals surface area contributed by atoms with Crippen LogP contribution in [0, 0.1) is 0 Å². The molecule has 0 aliphatic rings. The summed E-state index contributed by atoms with van der Waals surface area (Å²) in [6.07, 6.45) is 1.28. The number of H-pyrrole nitrogens is 1. The van der Waals surface area contributed by atoms with Crippen LogP contribution in [-0.4, -0.2) is 17.5 Å². The molecule has 1 aromatic heterocycles. The number of ether oxygens (including phenoxy) is 1. The van der Waals surface area contributed by atoms with Crippen LogP contribution in [0.1, 0.15) is 28.9 Å². The topological polar surface area (TPSA) is 71.2 Å². The van der Waals surface area contributed by atoms with Gasteiger partial charge in [0.05, 0.1) is 11.6 Å². The number of aromatic amines is 1. The maximum absolute atomic E-state index is 12.4. The smallest absolute Gasteiger partial charge is 0.387 e. The van der Waals surface area contributed by atoms with Gasteiger partial charge in [-0.2, -0.15) is 8.78 Å². The highest BCUT2D eigenvalue weighted by Gasteiger charge is 2.17. The normalized spacial score (nSPS) is 12.0. The van der Waals surface area contributed by atoms with Crippen molar-refractivity contribution in [2.45, 2.75) is 19.6 Å². The van der Waals surface area contributed by atoms with Crippen molar-refractivity contribution in [3.8, 4) is 5.75 Å². The molecule has 2 N–H and O–H groups in total. The van der Waals surface area contributed by atoms with Gasteiger partial charge in [0.25, 0.3) is 5.91 Å². The van der Waals surface area contributed by atoms with Crippen LogP contribution < -0.4 is 15.6 Å². The monoisotopic (exact) mass is 308 g/mol. The molecule has 0 spiro atoms. The molecule has 0 bridgehead atoms. The highest BCUT2D eigenvalue weighted by Crippen LogP contribution is 2.26. The summed E-state index contributed by atoms with van der Waals surface area (Å²) in [4.78, 5) is 25.4. The van der Waals surface area contributed by atoms with Crippen LogP contribution in [0.25, 0.3) is 0 Å². The molecule has 22 heavy (non-hydrogen) atoms. The van der Waals surface area contributed by atoms with E-state index in [0.29, 0.717) is 5.56 Å². The van der Waals surface area contributed by atoms with Crippen molar-refractivity contribution in [1.82, 2.24) is 10.3 Å². The maximum atomic E-state index is 12.4. The Kier molecular flexibility index (Phi) is 4.88. The second-order valence-corrected chi connectivity index (χ2v) is 4.55. The molecule has 5 nitrogen and oxygen atoms in total. The van der Waals surface area contributed by atoms with Crippen molar-refractivity contribution >= 4 is 5.91 Å². The van der Waals surface area contributed by atoms with Crippen molar-refractivity contribution in [3.05, 3.63) is 64.1 Å². The van der Waals surface area contributed by atoms with Crippen molar-refractivity contribution < 1.29 is 18.3 Å². The lowest BCUT2D eigenvalue weighted by molar-refractivity contribution is -0.0506. The van der Waals surface area contributed by atoms with E-state index < -0.39 is 18.6 Å². The Labute approximate surface area is 124 Å². The summed E-state index contributed by atoms with van der Waals surface area (Å²) in [5.74, 6) is -0.428. The van der Waals surface area contributed by atoms with Crippen molar-refractivity contribution in [2.24, 2.45) is 0 Å². The molecule has 0 fully saturated rings. The van der Waals surface area contributed by atoms with Gasteiger partial charge in [0.2, 0.25) is 5.56 Å². The second-order valence-electron chi connectivity index (χ2n) is 4.55. The van der Waals surface area contributed by atoms with Crippen LogP contribution in [0.3, 0.4) is 0 Å². The van der Waals surface area contributed by atoms with E-state index in [1.807, 2.05) is 0 Å². The van der Waals surface area contributed by atoms with Crippen LogP contribution in [0.2, 0.25) is 0 Å². The summed E-state index contributed by atoms with van der Waals surface area (Å²) < 4.78 is 29.2. The first kappa shape index (κ1) is 15.7. The molecular formula is C15H14F2N2O3. The van der Waals surface area contributed by atoms with Gasteiger partial charge in [0.1, 0.15) is 5.75 Å². The number of hydrogen-bond donors (Lipinski definition) is 2. The Hall–Kier alpha value is -2.70. The van der Waals surface area contributed by atoms with Crippen molar-refractivity contribution in [3.63, 3.8) is 0 Å². The molecule has 0 aliphatic heterocycles. The Balaban J connectivity index is 2.15. The van der Waals surface area contributed by atoms with Gasteiger partial charge in [-0.1, -0.05) is 18.2 Å². The highest BCUT2D eigenvalue weighted by molar-refractivity contribution is 5.94. The number of alkyl halides is 2. The Morgan fingerprint density at radius 3 is 2.59 bits per heavy atom.